The Kier molecular flexibility index (Phi) is 3.31. The van der Waals surface area contributed by atoms with E-state index in [0.29, 0.717) is 0 Å². The predicted octanol–water partition coefficient (Wildman–Crippen LogP) is 2.42. The molecule has 12 heavy (non-hydrogen) atoms. The van der Waals surface area contributed by atoms with Gasteiger partial charge in [-0.2, -0.15) is 30.7 Å². The third-order valence-corrected chi connectivity index (χ3v) is 0.805. The summed E-state index contributed by atoms with van der Waals surface area (Å²) < 4.78 is 81.9. The molecule has 0 saturated heterocycles. The van der Waals surface area contributed by atoms with Crippen molar-refractivity contribution in [3.63, 3.8) is 0 Å². The minimum absolute atomic E-state index is 2.37. The molecule has 0 aliphatic heterocycles. The molecular weight excluding hydrogens is 197 g/mol. The van der Waals surface area contributed by atoms with Crippen LogP contribution in [0.25, 0.3) is 0 Å². The fraction of sp³-hybridized carbons (Fsp3) is 1.00. The van der Waals surface area contributed by atoms with Gasteiger partial charge in [-0.05, 0) is 0 Å². The Bertz CT molecular complexity index is 139. The number of hydrogen-bond donors (Lipinski definition) is 0. The zero-order valence-electron chi connectivity index (χ0n) is 5.34. The summed E-state index contributed by atoms with van der Waals surface area (Å²) in [7, 11) is 0. The summed E-state index contributed by atoms with van der Waals surface area (Å²) >= 11 is 0. The minimum atomic E-state index is -5.86. The molecule has 8 heteroatoms. The smallest absolute Gasteiger partial charge is 0.316 e. The van der Waals surface area contributed by atoms with Crippen LogP contribution in [0.2, 0.25) is 0 Å². The van der Waals surface area contributed by atoms with E-state index < -0.39 is 25.3 Å². The topological polar surface area (TPSA) is 9.23 Å². The van der Waals surface area contributed by atoms with Crippen LogP contribution in [0.15, 0.2) is 0 Å². The normalized spacial score (nSPS) is 14.0. The Labute approximate surface area is 62.1 Å². The average molecular weight is 200 g/mol. The van der Waals surface area contributed by atoms with Crippen molar-refractivity contribution in [1.29, 1.82) is 0 Å². The monoisotopic (exact) mass is 200 g/mol. The summed E-state index contributed by atoms with van der Waals surface area (Å²) in [5, 5.41) is 0. The third kappa shape index (κ3) is 3.24. The lowest BCUT2D eigenvalue weighted by Crippen LogP contribution is -2.41. The third-order valence-electron chi connectivity index (χ3n) is 0.805. The first-order chi connectivity index (χ1) is 5.17. The Balaban J connectivity index is 4.05. The summed E-state index contributed by atoms with van der Waals surface area (Å²) in [6.07, 6.45) is -5.86. The van der Waals surface area contributed by atoms with Crippen molar-refractivity contribution in [2.75, 3.05) is 6.61 Å². The molecule has 0 aromatic carbocycles. The Morgan fingerprint density at radius 1 is 1.00 bits per heavy atom. The van der Waals surface area contributed by atoms with Crippen molar-refractivity contribution in [2.45, 2.75) is 18.7 Å². The summed E-state index contributed by atoms with van der Waals surface area (Å²) in [6.45, 7) is -6.01. The maximum absolute atomic E-state index is 11.7. The standard InChI is InChI=1S/C4H3F7O/c5-2(6)12-1-3(7,8)4(9,10)11/h2H,1H2. The van der Waals surface area contributed by atoms with E-state index in [1.54, 1.807) is 0 Å². The number of alkyl halides is 7. The molecule has 0 amide bonds. The first-order valence-electron chi connectivity index (χ1n) is 2.51. The van der Waals surface area contributed by atoms with Gasteiger partial charge in [0, 0.05) is 0 Å². The van der Waals surface area contributed by atoms with E-state index in [0.717, 1.165) is 0 Å². The van der Waals surface area contributed by atoms with Gasteiger partial charge in [0.25, 0.3) is 0 Å². The van der Waals surface area contributed by atoms with Gasteiger partial charge in [0.2, 0.25) is 0 Å². The molecule has 0 rings (SSSR count). The first kappa shape index (κ1) is 11.5. The quantitative estimate of drug-likeness (QED) is 0.635. The molecule has 0 unspecified atom stereocenters. The SMILES string of the molecule is FC(F)OCC(F)(F)C(F)(F)F. The molecule has 0 aliphatic rings. The largest absolute Gasteiger partial charge is 0.455 e. The molecule has 0 aromatic heterocycles. The second kappa shape index (κ2) is 3.46. The van der Waals surface area contributed by atoms with E-state index in [1.807, 2.05) is 0 Å². The maximum Gasteiger partial charge on any atom is 0.455 e. The van der Waals surface area contributed by atoms with E-state index in [9.17, 15) is 30.7 Å². The van der Waals surface area contributed by atoms with Gasteiger partial charge in [0.15, 0.2) is 0 Å². The zero-order valence-corrected chi connectivity index (χ0v) is 5.34. The second-order valence-electron chi connectivity index (χ2n) is 1.77. The highest BCUT2D eigenvalue weighted by Gasteiger charge is 2.58. The maximum atomic E-state index is 11.7. The van der Waals surface area contributed by atoms with Gasteiger partial charge in [0.05, 0.1) is 0 Å². The molecule has 0 aliphatic carbocycles. The highest BCUT2D eigenvalue weighted by molar-refractivity contribution is 4.74. The lowest BCUT2D eigenvalue weighted by atomic mass is 10.3. The van der Waals surface area contributed by atoms with Crippen molar-refractivity contribution in [2.24, 2.45) is 0 Å². The van der Waals surface area contributed by atoms with Crippen LogP contribution >= 0.6 is 0 Å². The fourth-order valence-electron chi connectivity index (χ4n) is 0.249. The highest BCUT2D eigenvalue weighted by Crippen LogP contribution is 2.35. The van der Waals surface area contributed by atoms with Crippen LogP contribution in [0.3, 0.4) is 0 Å². The molecule has 0 atom stereocenters. The summed E-state index contributed by atoms with van der Waals surface area (Å²) in [4.78, 5) is 0. The Hall–Kier alpha value is -0.530. The molecule has 0 heterocycles. The van der Waals surface area contributed by atoms with Crippen LogP contribution in [0.5, 0.6) is 0 Å². The Morgan fingerprint density at radius 3 is 1.67 bits per heavy atom. The molecule has 0 fully saturated rings. The van der Waals surface area contributed by atoms with Gasteiger partial charge in [-0.25, -0.2) is 0 Å². The fourth-order valence-corrected chi connectivity index (χ4v) is 0.249. The minimum Gasteiger partial charge on any atom is -0.316 e. The van der Waals surface area contributed by atoms with Crippen LogP contribution < -0.4 is 0 Å². The van der Waals surface area contributed by atoms with E-state index >= 15 is 0 Å². The number of hydrogen-bond acceptors (Lipinski definition) is 1. The van der Waals surface area contributed by atoms with Gasteiger partial charge < -0.3 is 4.74 Å². The van der Waals surface area contributed by atoms with Crippen LogP contribution in [0, 0.1) is 0 Å². The van der Waals surface area contributed by atoms with E-state index in [-0.39, 0.29) is 0 Å². The van der Waals surface area contributed by atoms with Crippen molar-refractivity contribution in [3.05, 3.63) is 0 Å². The number of rotatable bonds is 3. The van der Waals surface area contributed by atoms with Gasteiger partial charge in [-0.1, -0.05) is 0 Å². The van der Waals surface area contributed by atoms with Crippen molar-refractivity contribution < 1.29 is 35.5 Å². The molecule has 0 bridgehead atoms. The summed E-state index contributed by atoms with van der Waals surface area (Å²) in [5.74, 6) is -5.23. The van der Waals surface area contributed by atoms with E-state index in [2.05, 4.69) is 4.74 Å². The van der Waals surface area contributed by atoms with Crippen molar-refractivity contribution in [1.82, 2.24) is 0 Å². The predicted molar refractivity (Wildman–Crippen MR) is 23.0 cm³/mol. The molecular formula is C4H3F7O. The number of ether oxygens (including phenoxy) is 1. The van der Waals surface area contributed by atoms with Crippen LogP contribution in [0.4, 0.5) is 30.7 Å². The van der Waals surface area contributed by atoms with Gasteiger partial charge >= 0.3 is 18.7 Å². The highest BCUT2D eigenvalue weighted by atomic mass is 19.4. The molecule has 0 spiro atoms. The molecule has 0 aromatic rings. The molecule has 1 nitrogen and oxygen atoms in total. The number of halogens is 7. The molecule has 0 N–H and O–H groups in total. The summed E-state index contributed by atoms with van der Waals surface area (Å²) in [6, 6.07) is 0. The lowest BCUT2D eigenvalue weighted by molar-refractivity contribution is -0.310. The van der Waals surface area contributed by atoms with Gasteiger partial charge in [-0.15, -0.1) is 0 Å². The van der Waals surface area contributed by atoms with Crippen molar-refractivity contribution in [3.8, 4) is 0 Å². The van der Waals surface area contributed by atoms with Crippen LogP contribution in [0.1, 0.15) is 0 Å². The lowest BCUT2D eigenvalue weighted by Gasteiger charge is -2.18. The molecule has 0 saturated carbocycles. The average Bonchev–Trinajstić information content (AvgIpc) is 1.81. The summed E-state index contributed by atoms with van der Waals surface area (Å²) in [5.41, 5.74) is 0. The van der Waals surface area contributed by atoms with Gasteiger partial charge in [-0.3, -0.25) is 0 Å². The second-order valence-corrected chi connectivity index (χ2v) is 1.77. The van der Waals surface area contributed by atoms with Gasteiger partial charge in [0.1, 0.15) is 6.61 Å². The van der Waals surface area contributed by atoms with Crippen LogP contribution in [-0.4, -0.2) is 25.3 Å². The first-order valence-corrected chi connectivity index (χ1v) is 2.51. The zero-order chi connectivity index (χ0) is 9.99. The van der Waals surface area contributed by atoms with E-state index in [1.165, 1.54) is 0 Å². The van der Waals surface area contributed by atoms with Crippen molar-refractivity contribution >= 4 is 0 Å². The molecule has 74 valence electrons. The molecule has 0 radical (unpaired) electrons. The van der Waals surface area contributed by atoms with E-state index in [4.69, 9.17) is 0 Å². The Morgan fingerprint density at radius 2 is 1.42 bits per heavy atom. The van der Waals surface area contributed by atoms with Crippen LogP contribution in [-0.2, 0) is 4.74 Å².